The van der Waals surface area contributed by atoms with Crippen molar-refractivity contribution >= 4 is 34.3 Å². The highest BCUT2D eigenvalue weighted by atomic mass is 32.2. The molecule has 1 aliphatic rings. The van der Waals surface area contributed by atoms with E-state index in [0.29, 0.717) is 28.6 Å². The molecule has 2 aromatic heterocycles. The van der Waals surface area contributed by atoms with Crippen molar-refractivity contribution in [3.63, 3.8) is 0 Å². The average molecular weight is 400 g/mol. The summed E-state index contributed by atoms with van der Waals surface area (Å²) in [7, 11) is 0. The Labute approximate surface area is 167 Å². The van der Waals surface area contributed by atoms with Gasteiger partial charge in [0, 0.05) is 19.6 Å². The lowest BCUT2D eigenvalue weighted by atomic mass is 10.2. The predicted octanol–water partition coefficient (Wildman–Crippen LogP) is 2.95. The molecule has 0 atom stereocenters. The number of carbonyl (C=O) groups excluding carboxylic acids is 1. The topological polar surface area (TPSA) is 72.5 Å². The fourth-order valence-corrected chi connectivity index (χ4v) is 4.63. The van der Waals surface area contributed by atoms with Crippen LogP contribution in [0.3, 0.4) is 0 Å². The van der Waals surface area contributed by atoms with Gasteiger partial charge in [0.05, 0.1) is 16.7 Å². The number of carbonyl (C=O) groups is 1. The smallest absolute Gasteiger partial charge is 0.262 e. The molecule has 1 amide bonds. The number of nitrogens with zero attached hydrogens (tertiary/aromatic N) is 5. The number of aromatic nitrogens is 4. The van der Waals surface area contributed by atoms with Crippen LogP contribution in [0.15, 0.2) is 34.2 Å². The van der Waals surface area contributed by atoms with Gasteiger partial charge < -0.3 is 4.90 Å². The van der Waals surface area contributed by atoms with Crippen molar-refractivity contribution in [1.82, 2.24) is 24.1 Å². The molecule has 0 unspecified atom stereocenters. The summed E-state index contributed by atoms with van der Waals surface area (Å²) in [5.41, 5.74) is 0.735. The standard InChI is InChI=1S/C20H25N5O2S/c1-2-11-24-18(27)15-9-5-6-10-16(15)25-19(24)21-22-20(25)28-14-17(26)23-12-7-3-4-8-13-23/h5-6,9-10H,2-4,7-8,11-14H2,1H3. The van der Waals surface area contributed by atoms with Gasteiger partial charge in [0.1, 0.15) is 0 Å². The molecular formula is C20H25N5O2S. The summed E-state index contributed by atoms with van der Waals surface area (Å²) in [5, 5.41) is 9.89. The summed E-state index contributed by atoms with van der Waals surface area (Å²) in [4.78, 5) is 27.5. The van der Waals surface area contributed by atoms with Crippen LogP contribution in [0.25, 0.3) is 16.7 Å². The van der Waals surface area contributed by atoms with Crippen LogP contribution in [0.5, 0.6) is 0 Å². The van der Waals surface area contributed by atoms with E-state index >= 15 is 0 Å². The molecule has 148 valence electrons. The zero-order valence-electron chi connectivity index (χ0n) is 16.1. The van der Waals surface area contributed by atoms with E-state index in [1.54, 1.807) is 4.57 Å². The predicted molar refractivity (Wildman–Crippen MR) is 111 cm³/mol. The van der Waals surface area contributed by atoms with Crippen LogP contribution in [0, 0.1) is 0 Å². The van der Waals surface area contributed by atoms with Gasteiger partial charge in [0.25, 0.3) is 5.56 Å². The van der Waals surface area contributed by atoms with Gasteiger partial charge in [-0.2, -0.15) is 0 Å². The molecule has 3 heterocycles. The van der Waals surface area contributed by atoms with Crippen molar-refractivity contribution < 1.29 is 4.79 Å². The molecule has 7 nitrogen and oxygen atoms in total. The van der Waals surface area contributed by atoms with Crippen molar-refractivity contribution in [2.45, 2.75) is 50.7 Å². The third kappa shape index (κ3) is 3.53. The summed E-state index contributed by atoms with van der Waals surface area (Å²) >= 11 is 1.40. The molecule has 1 saturated heterocycles. The quantitative estimate of drug-likeness (QED) is 0.617. The molecule has 1 fully saturated rings. The molecule has 0 bridgehead atoms. The maximum atomic E-state index is 12.9. The van der Waals surface area contributed by atoms with Crippen molar-refractivity contribution in [3.8, 4) is 0 Å². The summed E-state index contributed by atoms with van der Waals surface area (Å²) in [5.74, 6) is 1.02. The molecule has 4 rings (SSSR count). The Kier molecular flexibility index (Phi) is 5.66. The van der Waals surface area contributed by atoms with E-state index < -0.39 is 0 Å². The third-order valence-electron chi connectivity index (χ3n) is 5.21. The molecule has 0 spiro atoms. The number of aryl methyl sites for hydroxylation is 1. The fraction of sp³-hybridized carbons (Fsp3) is 0.500. The van der Waals surface area contributed by atoms with E-state index in [4.69, 9.17) is 0 Å². The first-order chi connectivity index (χ1) is 13.7. The van der Waals surface area contributed by atoms with E-state index in [1.807, 2.05) is 40.5 Å². The van der Waals surface area contributed by atoms with Gasteiger partial charge >= 0.3 is 0 Å². The molecule has 0 aliphatic carbocycles. The lowest BCUT2D eigenvalue weighted by Crippen LogP contribution is -2.33. The Morgan fingerprint density at radius 3 is 2.61 bits per heavy atom. The number of benzene rings is 1. The Morgan fingerprint density at radius 1 is 1.11 bits per heavy atom. The zero-order chi connectivity index (χ0) is 19.5. The van der Waals surface area contributed by atoms with Crippen LogP contribution in [0.4, 0.5) is 0 Å². The van der Waals surface area contributed by atoms with E-state index in [1.165, 1.54) is 24.6 Å². The minimum Gasteiger partial charge on any atom is -0.342 e. The van der Waals surface area contributed by atoms with E-state index in [-0.39, 0.29) is 11.5 Å². The Bertz CT molecular complexity index is 1050. The van der Waals surface area contributed by atoms with Gasteiger partial charge in [-0.25, -0.2) is 0 Å². The molecule has 0 radical (unpaired) electrons. The highest BCUT2D eigenvalue weighted by molar-refractivity contribution is 7.99. The van der Waals surface area contributed by atoms with E-state index in [0.717, 1.165) is 37.9 Å². The summed E-state index contributed by atoms with van der Waals surface area (Å²) in [6.45, 7) is 4.31. The van der Waals surface area contributed by atoms with Gasteiger partial charge in [0.15, 0.2) is 5.16 Å². The molecule has 0 N–H and O–H groups in total. The van der Waals surface area contributed by atoms with Crippen LogP contribution < -0.4 is 5.56 Å². The van der Waals surface area contributed by atoms with Crippen molar-refractivity contribution in [2.75, 3.05) is 18.8 Å². The van der Waals surface area contributed by atoms with Crippen molar-refractivity contribution in [3.05, 3.63) is 34.6 Å². The van der Waals surface area contributed by atoms with Gasteiger partial charge in [-0.15, -0.1) is 10.2 Å². The molecule has 0 saturated carbocycles. The van der Waals surface area contributed by atoms with Crippen molar-refractivity contribution in [1.29, 1.82) is 0 Å². The zero-order valence-corrected chi connectivity index (χ0v) is 17.0. The number of fused-ring (bicyclic) bond motifs is 3. The maximum Gasteiger partial charge on any atom is 0.262 e. The number of hydrogen-bond acceptors (Lipinski definition) is 5. The first kappa shape index (κ1) is 19.0. The summed E-state index contributed by atoms with van der Waals surface area (Å²) in [6.07, 6.45) is 5.40. The number of rotatable bonds is 5. The normalized spacial score (nSPS) is 15.2. The minimum atomic E-state index is -0.0467. The Balaban J connectivity index is 1.68. The highest BCUT2D eigenvalue weighted by Gasteiger charge is 2.19. The summed E-state index contributed by atoms with van der Waals surface area (Å²) < 4.78 is 3.59. The number of hydrogen-bond donors (Lipinski definition) is 0. The lowest BCUT2D eigenvalue weighted by molar-refractivity contribution is -0.128. The molecule has 3 aromatic rings. The van der Waals surface area contributed by atoms with Crippen molar-refractivity contribution in [2.24, 2.45) is 0 Å². The molecule has 1 aromatic carbocycles. The first-order valence-electron chi connectivity index (χ1n) is 9.98. The SMILES string of the molecule is CCCn1c(=O)c2ccccc2n2c(SCC(=O)N3CCCCCC3)nnc12. The largest absolute Gasteiger partial charge is 0.342 e. The highest BCUT2D eigenvalue weighted by Crippen LogP contribution is 2.22. The van der Waals surface area contributed by atoms with Crippen LogP contribution in [-0.2, 0) is 11.3 Å². The fourth-order valence-electron chi connectivity index (χ4n) is 3.79. The van der Waals surface area contributed by atoms with Gasteiger partial charge in [-0.3, -0.25) is 18.6 Å². The number of para-hydroxylation sites is 1. The number of likely N-dealkylation sites (tertiary alicyclic amines) is 1. The molecule has 1 aliphatic heterocycles. The lowest BCUT2D eigenvalue weighted by Gasteiger charge is -2.19. The number of thioether (sulfide) groups is 1. The van der Waals surface area contributed by atoms with E-state index in [9.17, 15) is 9.59 Å². The van der Waals surface area contributed by atoms with Crippen LogP contribution in [0.2, 0.25) is 0 Å². The Hall–Kier alpha value is -2.35. The second-order valence-electron chi connectivity index (χ2n) is 7.18. The molecule has 8 heteroatoms. The maximum absolute atomic E-state index is 12.9. The van der Waals surface area contributed by atoms with E-state index in [2.05, 4.69) is 10.2 Å². The van der Waals surface area contributed by atoms with Crippen LogP contribution in [0.1, 0.15) is 39.0 Å². The molecular weight excluding hydrogens is 374 g/mol. The van der Waals surface area contributed by atoms with Gasteiger partial charge in [0.2, 0.25) is 11.7 Å². The molecule has 28 heavy (non-hydrogen) atoms. The minimum absolute atomic E-state index is 0.0467. The average Bonchev–Trinajstić information content (AvgIpc) is 2.94. The monoisotopic (exact) mass is 399 g/mol. The third-order valence-corrected chi connectivity index (χ3v) is 6.12. The van der Waals surface area contributed by atoms with Crippen LogP contribution >= 0.6 is 11.8 Å². The number of amides is 1. The van der Waals surface area contributed by atoms with Crippen LogP contribution in [-0.4, -0.2) is 48.8 Å². The van der Waals surface area contributed by atoms with Gasteiger partial charge in [-0.05, 0) is 31.4 Å². The first-order valence-corrected chi connectivity index (χ1v) is 11.0. The Morgan fingerprint density at radius 2 is 1.86 bits per heavy atom. The second-order valence-corrected chi connectivity index (χ2v) is 8.12. The summed E-state index contributed by atoms with van der Waals surface area (Å²) in [6, 6.07) is 7.51. The second kappa shape index (κ2) is 8.34. The van der Waals surface area contributed by atoms with Gasteiger partial charge in [-0.1, -0.05) is 43.7 Å².